The second-order valence-corrected chi connectivity index (χ2v) is 10.9. The molecule has 5 nitrogen and oxygen atoms in total. The molecule has 33 heavy (non-hydrogen) atoms. The van der Waals surface area contributed by atoms with Crippen molar-refractivity contribution in [2.45, 2.75) is 39.1 Å². The number of aryl methyl sites for hydroxylation is 4. The highest BCUT2D eigenvalue weighted by molar-refractivity contribution is 7.89. The van der Waals surface area contributed by atoms with Gasteiger partial charge in [-0.15, -0.1) is 0 Å². The number of benzene rings is 3. The van der Waals surface area contributed by atoms with Crippen LogP contribution in [0, 0.1) is 27.7 Å². The topological polar surface area (TPSA) is 66.5 Å². The molecule has 3 aromatic rings. The van der Waals surface area contributed by atoms with Crippen molar-refractivity contribution in [3.8, 4) is 0 Å². The fraction of sp³-hybridized carbons (Fsp3) is 0.240. The number of nitrogens with zero attached hydrogens (tertiary/aromatic N) is 1. The number of hydrogen-bond acceptors (Lipinski definition) is 3. The second-order valence-electron chi connectivity index (χ2n) is 8.16. The van der Waals surface area contributed by atoms with Gasteiger partial charge >= 0.3 is 0 Å². The Hall–Kier alpha value is -2.38. The molecule has 3 aromatic carbocycles. The van der Waals surface area contributed by atoms with E-state index in [1.54, 1.807) is 26.0 Å². The lowest BCUT2D eigenvalue weighted by atomic mass is 10.1. The Morgan fingerprint density at radius 3 is 2.06 bits per heavy atom. The zero-order valence-corrected chi connectivity index (χ0v) is 21.3. The molecule has 0 atom stereocenters. The van der Waals surface area contributed by atoms with Gasteiger partial charge in [0.15, 0.2) is 0 Å². The average Bonchev–Trinajstić information content (AvgIpc) is 2.70. The Labute approximate surface area is 205 Å². The highest BCUT2D eigenvalue weighted by atomic mass is 35.5. The molecule has 0 bridgehead atoms. The first-order valence-corrected chi connectivity index (χ1v) is 12.6. The molecule has 174 valence electrons. The molecule has 0 saturated carbocycles. The molecule has 0 radical (unpaired) electrons. The summed E-state index contributed by atoms with van der Waals surface area (Å²) in [7, 11) is -3.97. The van der Waals surface area contributed by atoms with Crippen LogP contribution in [0.25, 0.3) is 0 Å². The van der Waals surface area contributed by atoms with Crippen LogP contribution in [0.1, 0.15) is 27.8 Å². The standard InChI is InChI=1S/C25H26Cl2N2O3S/c1-16-5-7-20(8-6-16)14-29(15-24(30)28-23-10-9-21(26)13-22(23)27)33(31,32)25-18(3)11-17(2)12-19(25)4/h5-13H,14-15H2,1-4H3,(H,28,30). The molecular weight excluding hydrogens is 479 g/mol. The minimum atomic E-state index is -3.97. The first-order valence-electron chi connectivity index (χ1n) is 10.4. The third kappa shape index (κ3) is 6.15. The van der Waals surface area contributed by atoms with E-state index in [-0.39, 0.29) is 23.0 Å². The summed E-state index contributed by atoms with van der Waals surface area (Å²) in [5.74, 6) is -0.502. The van der Waals surface area contributed by atoms with Gasteiger partial charge < -0.3 is 5.32 Å². The Bertz CT molecular complexity index is 1270. The van der Waals surface area contributed by atoms with Crippen molar-refractivity contribution >= 4 is 44.8 Å². The van der Waals surface area contributed by atoms with E-state index in [2.05, 4.69) is 5.32 Å². The zero-order valence-electron chi connectivity index (χ0n) is 18.9. The largest absolute Gasteiger partial charge is 0.324 e. The third-order valence-electron chi connectivity index (χ3n) is 5.21. The zero-order chi connectivity index (χ0) is 24.3. The monoisotopic (exact) mass is 504 g/mol. The van der Waals surface area contributed by atoms with Gasteiger partial charge in [0.1, 0.15) is 0 Å². The third-order valence-corrected chi connectivity index (χ3v) is 7.85. The number of nitrogens with one attached hydrogen (secondary N) is 1. The lowest BCUT2D eigenvalue weighted by molar-refractivity contribution is -0.116. The van der Waals surface area contributed by atoms with Gasteiger partial charge in [0.2, 0.25) is 15.9 Å². The van der Waals surface area contributed by atoms with Crippen LogP contribution in [0.15, 0.2) is 59.5 Å². The molecule has 1 amide bonds. The van der Waals surface area contributed by atoms with Crippen LogP contribution in [-0.4, -0.2) is 25.2 Å². The van der Waals surface area contributed by atoms with Crippen molar-refractivity contribution in [3.05, 3.63) is 92.5 Å². The van der Waals surface area contributed by atoms with E-state index >= 15 is 0 Å². The summed E-state index contributed by atoms with van der Waals surface area (Å²) < 4.78 is 28.7. The minimum Gasteiger partial charge on any atom is -0.324 e. The van der Waals surface area contributed by atoms with Gasteiger partial charge in [-0.25, -0.2) is 8.42 Å². The number of carbonyl (C=O) groups excluding carboxylic acids is 1. The van der Waals surface area contributed by atoms with Gasteiger partial charge in [0.25, 0.3) is 0 Å². The van der Waals surface area contributed by atoms with Gasteiger partial charge in [0.05, 0.1) is 22.2 Å². The van der Waals surface area contributed by atoms with E-state index in [0.717, 1.165) is 16.7 Å². The van der Waals surface area contributed by atoms with Gasteiger partial charge in [-0.05, 0) is 62.6 Å². The molecule has 0 aliphatic heterocycles. The summed E-state index contributed by atoms with van der Waals surface area (Å²) in [6.07, 6.45) is 0. The number of halogens is 2. The normalized spacial score (nSPS) is 11.6. The maximum absolute atomic E-state index is 13.8. The van der Waals surface area contributed by atoms with Crippen molar-refractivity contribution in [2.75, 3.05) is 11.9 Å². The fourth-order valence-corrected chi connectivity index (χ4v) is 6.02. The van der Waals surface area contributed by atoms with Crippen LogP contribution in [-0.2, 0) is 21.4 Å². The molecule has 0 unspecified atom stereocenters. The van der Waals surface area contributed by atoms with E-state index < -0.39 is 15.9 Å². The van der Waals surface area contributed by atoms with Crippen molar-refractivity contribution in [1.82, 2.24) is 4.31 Å². The number of sulfonamides is 1. The van der Waals surface area contributed by atoms with Gasteiger partial charge in [-0.2, -0.15) is 4.31 Å². The van der Waals surface area contributed by atoms with Crippen LogP contribution in [0.4, 0.5) is 5.69 Å². The summed E-state index contributed by atoms with van der Waals surface area (Å²) in [6, 6.07) is 15.9. The average molecular weight is 505 g/mol. The summed E-state index contributed by atoms with van der Waals surface area (Å²) in [5, 5.41) is 3.40. The predicted octanol–water partition coefficient (Wildman–Crippen LogP) is 6.06. The number of rotatable bonds is 7. The first kappa shape index (κ1) is 25.2. The van der Waals surface area contributed by atoms with E-state index in [0.29, 0.717) is 21.8 Å². The fourth-order valence-electron chi connectivity index (χ4n) is 3.77. The van der Waals surface area contributed by atoms with E-state index in [1.165, 1.54) is 10.4 Å². The van der Waals surface area contributed by atoms with Crippen molar-refractivity contribution in [3.63, 3.8) is 0 Å². The van der Waals surface area contributed by atoms with Crippen LogP contribution >= 0.6 is 23.2 Å². The minimum absolute atomic E-state index is 0.0527. The molecule has 0 spiro atoms. The summed E-state index contributed by atoms with van der Waals surface area (Å²) in [5.41, 5.74) is 4.47. The Kier molecular flexibility index (Phi) is 7.85. The van der Waals surface area contributed by atoms with Gasteiger partial charge in [-0.1, -0.05) is 70.7 Å². The van der Waals surface area contributed by atoms with E-state index in [4.69, 9.17) is 23.2 Å². The van der Waals surface area contributed by atoms with E-state index in [9.17, 15) is 13.2 Å². The predicted molar refractivity (Wildman–Crippen MR) is 135 cm³/mol. The number of amides is 1. The quantitative estimate of drug-likeness (QED) is 0.425. The summed E-state index contributed by atoms with van der Waals surface area (Å²) >= 11 is 12.1. The van der Waals surface area contributed by atoms with Gasteiger partial charge in [0, 0.05) is 11.6 Å². The number of carbonyl (C=O) groups is 1. The van der Waals surface area contributed by atoms with Crippen molar-refractivity contribution < 1.29 is 13.2 Å². The smallest absolute Gasteiger partial charge is 0.244 e. The van der Waals surface area contributed by atoms with Crippen LogP contribution in [0.5, 0.6) is 0 Å². The lowest BCUT2D eigenvalue weighted by Gasteiger charge is -2.24. The molecule has 8 heteroatoms. The molecule has 3 rings (SSSR count). The second kappa shape index (κ2) is 10.3. The maximum atomic E-state index is 13.8. The van der Waals surface area contributed by atoms with E-state index in [1.807, 2.05) is 50.2 Å². The molecule has 0 fully saturated rings. The van der Waals surface area contributed by atoms with Crippen LogP contribution in [0.3, 0.4) is 0 Å². The first-order chi connectivity index (χ1) is 15.5. The highest BCUT2D eigenvalue weighted by Gasteiger charge is 2.30. The molecule has 0 heterocycles. The van der Waals surface area contributed by atoms with Crippen molar-refractivity contribution in [2.24, 2.45) is 0 Å². The molecule has 0 saturated heterocycles. The van der Waals surface area contributed by atoms with Crippen LogP contribution < -0.4 is 5.32 Å². The number of anilines is 1. The number of hydrogen-bond donors (Lipinski definition) is 1. The molecule has 0 aliphatic carbocycles. The molecular formula is C25H26Cl2N2O3S. The molecule has 0 aliphatic rings. The SMILES string of the molecule is Cc1ccc(CN(CC(=O)Nc2ccc(Cl)cc2Cl)S(=O)(=O)c2c(C)cc(C)cc2C)cc1. The van der Waals surface area contributed by atoms with Crippen molar-refractivity contribution in [1.29, 1.82) is 0 Å². The maximum Gasteiger partial charge on any atom is 0.244 e. The lowest BCUT2D eigenvalue weighted by Crippen LogP contribution is -2.38. The molecule has 1 N–H and O–H groups in total. The summed E-state index contributed by atoms with van der Waals surface area (Å²) in [6.45, 7) is 7.10. The molecule has 0 aromatic heterocycles. The Balaban J connectivity index is 1.97. The Morgan fingerprint density at radius 1 is 0.879 bits per heavy atom. The highest BCUT2D eigenvalue weighted by Crippen LogP contribution is 2.28. The Morgan fingerprint density at radius 2 is 1.48 bits per heavy atom. The summed E-state index contributed by atoms with van der Waals surface area (Å²) in [4.78, 5) is 13.1. The van der Waals surface area contributed by atoms with Crippen LogP contribution in [0.2, 0.25) is 10.0 Å². The van der Waals surface area contributed by atoms with Gasteiger partial charge in [-0.3, -0.25) is 4.79 Å².